The van der Waals surface area contributed by atoms with Gasteiger partial charge in [-0.3, -0.25) is 30.7 Å². The zero-order valence-corrected chi connectivity index (χ0v) is 46.9. The first-order valence-corrected chi connectivity index (χ1v) is 26.9. The summed E-state index contributed by atoms with van der Waals surface area (Å²) in [5.41, 5.74) is 11.0. The highest BCUT2D eigenvalue weighted by molar-refractivity contribution is 5.96. The number of Topliss-reactive ketones (excluding diaryl/α,β-unsaturated/α-hetero) is 1. The number of allylic oxidation sites excluding steroid dienone is 1. The van der Waals surface area contributed by atoms with E-state index in [1.54, 1.807) is 11.8 Å². The molecule has 2 aromatic heterocycles. The maximum Gasteiger partial charge on any atom is 0.406 e. The van der Waals surface area contributed by atoms with Crippen molar-refractivity contribution in [2.75, 3.05) is 40.3 Å². The summed E-state index contributed by atoms with van der Waals surface area (Å²) >= 11 is 0. The molecule has 3 atom stereocenters. The predicted molar refractivity (Wildman–Crippen MR) is 302 cm³/mol. The molecule has 9 nitrogen and oxygen atoms in total. The molecular weight excluding hydrogens is 946 g/mol. The van der Waals surface area contributed by atoms with Crippen molar-refractivity contribution in [3.8, 4) is 46.6 Å². The zero-order chi connectivity index (χ0) is 55.4. The fraction of sp³-hybridized carbons (Fsp3) is 0.540. The number of amides is 1. The molecule has 0 aliphatic carbocycles. The molecule has 0 radical (unpaired) electrons. The largest absolute Gasteiger partial charge is 0.406 e. The van der Waals surface area contributed by atoms with Crippen LogP contribution >= 0.6 is 0 Å². The molecule has 1 amide bonds. The smallest absolute Gasteiger partial charge is 0.374 e. The van der Waals surface area contributed by atoms with Crippen molar-refractivity contribution in [2.45, 2.75) is 157 Å². The Bertz CT molecular complexity index is 2740. The number of aromatic nitrogens is 2. The van der Waals surface area contributed by atoms with Gasteiger partial charge in [0.25, 0.3) is 5.91 Å². The number of pyridine rings is 1. The van der Waals surface area contributed by atoms with Crippen LogP contribution in [0.25, 0.3) is 33.3 Å². The van der Waals surface area contributed by atoms with Gasteiger partial charge in [-0.2, -0.15) is 13.2 Å². The number of nitrogens with one attached hydrogen (secondary N) is 1. The first-order valence-electron chi connectivity index (χ1n) is 26.9. The Balaban J connectivity index is 1.49. The Morgan fingerprint density at radius 1 is 0.987 bits per heavy atom. The lowest BCUT2D eigenvalue weighted by Gasteiger charge is -2.39. The predicted octanol–water partition coefficient (Wildman–Crippen LogP) is 12.7. The van der Waals surface area contributed by atoms with Crippen LogP contribution in [0.3, 0.4) is 0 Å². The summed E-state index contributed by atoms with van der Waals surface area (Å²) in [6.07, 6.45) is 9.32. The number of halogens is 3. The van der Waals surface area contributed by atoms with Gasteiger partial charge in [-0.05, 0) is 162 Å². The summed E-state index contributed by atoms with van der Waals surface area (Å²) in [6, 6.07) is 16.3. The zero-order valence-electron chi connectivity index (χ0n) is 46.9. The molecule has 3 N–H and O–H groups in total. The molecule has 406 valence electrons. The van der Waals surface area contributed by atoms with Crippen LogP contribution in [0.1, 0.15) is 136 Å². The lowest BCUT2D eigenvalue weighted by atomic mass is 9.77. The second kappa shape index (κ2) is 26.5. The lowest BCUT2D eigenvalue weighted by molar-refractivity contribution is -0.140. The van der Waals surface area contributed by atoms with Gasteiger partial charge in [0, 0.05) is 60.6 Å². The van der Waals surface area contributed by atoms with Crippen LogP contribution in [0.2, 0.25) is 0 Å². The van der Waals surface area contributed by atoms with Crippen molar-refractivity contribution in [2.24, 2.45) is 29.0 Å². The Labute approximate surface area is 447 Å². The van der Waals surface area contributed by atoms with Crippen molar-refractivity contribution in [1.82, 2.24) is 24.8 Å². The van der Waals surface area contributed by atoms with Gasteiger partial charge in [-0.25, -0.2) is 0 Å². The fourth-order valence-electron chi connectivity index (χ4n) is 9.95. The highest BCUT2D eigenvalue weighted by atomic mass is 19.4. The van der Waals surface area contributed by atoms with E-state index in [4.69, 9.17) is 22.0 Å². The summed E-state index contributed by atoms with van der Waals surface area (Å²) < 4.78 is 52.9. The molecule has 75 heavy (non-hydrogen) atoms. The second-order valence-electron chi connectivity index (χ2n) is 22.9. The first kappa shape index (κ1) is 60.4. The van der Waals surface area contributed by atoms with Gasteiger partial charge in [0.2, 0.25) is 0 Å². The number of carbonyl (C=O) groups is 2. The molecule has 1 aliphatic rings. The average Bonchev–Trinajstić information content (AvgIpc) is 3.61. The van der Waals surface area contributed by atoms with E-state index in [2.05, 4.69) is 102 Å². The van der Waals surface area contributed by atoms with E-state index in [9.17, 15) is 9.59 Å². The Morgan fingerprint density at radius 2 is 1.69 bits per heavy atom. The summed E-state index contributed by atoms with van der Waals surface area (Å²) in [4.78, 5) is 34.3. The van der Waals surface area contributed by atoms with Gasteiger partial charge in [-0.1, -0.05) is 102 Å². The Morgan fingerprint density at radius 3 is 2.32 bits per heavy atom. The molecular formula is C63H85F3N6O3. The third kappa shape index (κ3) is 16.5. The summed E-state index contributed by atoms with van der Waals surface area (Å²) in [5.74, 6) is 14.1. The number of nitrogens with two attached hydrogens (primary N) is 1. The highest BCUT2D eigenvalue weighted by Crippen LogP contribution is 2.45. The molecule has 1 saturated heterocycles. The number of ether oxygens (including phenoxy) is 1. The van der Waals surface area contributed by atoms with E-state index in [1.807, 2.05) is 63.3 Å². The topological polar surface area (TPSA) is 106 Å². The van der Waals surface area contributed by atoms with Gasteiger partial charge < -0.3 is 14.2 Å². The summed E-state index contributed by atoms with van der Waals surface area (Å²) in [6.45, 7) is 28.3. The van der Waals surface area contributed by atoms with E-state index in [0.717, 1.165) is 75.7 Å². The van der Waals surface area contributed by atoms with Crippen molar-refractivity contribution < 1.29 is 27.5 Å². The fourth-order valence-corrected chi connectivity index (χ4v) is 9.95. The van der Waals surface area contributed by atoms with Crippen LogP contribution in [-0.2, 0) is 40.1 Å². The normalized spacial score (nSPS) is 14.6. The SMILES string of the molecule is C#CCCc1cnc(C(C)CC)c(-c2c(CC(C)(C)CCC(=C)[C@H](CCCNN)C(C)=O)c3cc(-c4cccc(CCC(=C)C(COC5CN(C(=O)C#CC(C)(C)N(C)C)C5)C(C)C)c4)ccc3n2CC(F)(F)F)c1. The number of terminal acetylenes is 1. The van der Waals surface area contributed by atoms with Gasteiger partial charge >= 0.3 is 6.18 Å². The number of benzene rings is 2. The third-order valence-corrected chi connectivity index (χ3v) is 15.5. The number of nitrogens with zero attached hydrogens (tertiary/aromatic N) is 4. The van der Waals surface area contributed by atoms with Crippen LogP contribution < -0.4 is 11.3 Å². The number of aryl methyl sites for hydroxylation is 2. The molecule has 1 fully saturated rings. The van der Waals surface area contributed by atoms with E-state index in [-0.39, 0.29) is 35.5 Å². The quantitative estimate of drug-likeness (QED) is 0.0201. The third-order valence-electron chi connectivity index (χ3n) is 15.5. The van der Waals surface area contributed by atoms with E-state index < -0.39 is 23.7 Å². The van der Waals surface area contributed by atoms with Gasteiger partial charge in [0.15, 0.2) is 0 Å². The van der Waals surface area contributed by atoms with E-state index in [1.165, 1.54) is 4.57 Å². The molecule has 2 aromatic carbocycles. The Kier molecular flexibility index (Phi) is 21.3. The van der Waals surface area contributed by atoms with Crippen LogP contribution in [0.4, 0.5) is 13.2 Å². The van der Waals surface area contributed by atoms with Crippen molar-refractivity contribution in [3.05, 3.63) is 101 Å². The number of likely N-dealkylation sites (tertiary alicyclic amines) is 1. The number of hydrogen-bond donors (Lipinski definition) is 2. The maximum absolute atomic E-state index is 15.0. The number of ketones is 1. The van der Waals surface area contributed by atoms with Gasteiger partial charge in [-0.15, -0.1) is 12.3 Å². The summed E-state index contributed by atoms with van der Waals surface area (Å²) in [5, 5.41) is 0.761. The first-order chi connectivity index (χ1) is 35.3. The molecule has 5 rings (SSSR count). The number of fused-ring (bicyclic) bond motifs is 1. The Hall–Kier alpha value is -5.50. The van der Waals surface area contributed by atoms with Gasteiger partial charge in [0.1, 0.15) is 12.3 Å². The maximum atomic E-state index is 15.0. The van der Waals surface area contributed by atoms with E-state index >= 15 is 13.2 Å². The van der Waals surface area contributed by atoms with Gasteiger partial charge in [0.05, 0.1) is 29.6 Å². The average molecular weight is 1030 g/mol. The standard InChI is InChI=1S/C63H85F3N6O3/c1-15-17-20-48-34-54(59(68-37-48)43(5)16-2)60-55(36-61(9,10)30-28-45(7)52(46(8)73)23-19-32-69-67)53-35-50(26-27-57(53)72(60)41-63(64,65)66)49-22-18-21-47(33-49)25-24-44(6)56(42(3)4)40-75-51-38-71(39-51)58(74)29-31-62(11,12)70(13)14/h1,18,21-22,26-27,33-35,37,42-43,51-52,56,69H,6-7,16-17,19-20,23-25,28,30,32,36,38-41,67H2,2-5,8-14H3/t43?,52-,56?/m0/s1. The molecule has 0 spiro atoms. The van der Waals surface area contributed by atoms with Crippen molar-refractivity contribution in [3.63, 3.8) is 0 Å². The molecule has 4 aromatic rings. The molecule has 12 heteroatoms. The molecule has 0 bridgehead atoms. The minimum atomic E-state index is -4.52. The minimum Gasteiger partial charge on any atom is -0.374 e. The minimum absolute atomic E-state index is 0.0311. The van der Waals surface area contributed by atoms with Crippen LogP contribution in [0, 0.1) is 47.4 Å². The number of alkyl halides is 3. The number of hydrazine groups is 1. The number of hydrogen-bond acceptors (Lipinski definition) is 7. The number of rotatable bonds is 27. The van der Waals surface area contributed by atoms with Crippen molar-refractivity contribution >= 4 is 22.6 Å². The van der Waals surface area contributed by atoms with E-state index in [0.29, 0.717) is 87.5 Å². The molecule has 0 saturated carbocycles. The lowest BCUT2D eigenvalue weighted by Crippen LogP contribution is -2.55. The number of carbonyl (C=O) groups excluding carboxylic acids is 2. The van der Waals surface area contributed by atoms with Crippen molar-refractivity contribution in [1.29, 1.82) is 0 Å². The highest BCUT2D eigenvalue weighted by Gasteiger charge is 2.36. The molecule has 1 aliphatic heterocycles. The van der Waals surface area contributed by atoms with Crippen LogP contribution in [0.15, 0.2) is 79.0 Å². The molecule has 2 unspecified atom stereocenters. The van der Waals surface area contributed by atoms with Crippen LogP contribution in [0.5, 0.6) is 0 Å². The molecule has 3 heterocycles. The second-order valence-corrected chi connectivity index (χ2v) is 22.9. The summed E-state index contributed by atoms with van der Waals surface area (Å²) in [7, 11) is 3.88. The van der Waals surface area contributed by atoms with Crippen LogP contribution in [-0.4, -0.2) is 89.2 Å². The monoisotopic (exact) mass is 1030 g/mol.